The molecule has 6 heteroatoms. The average molecular weight is 257 g/mol. The maximum absolute atomic E-state index is 13.4. The molecule has 0 aliphatic carbocycles. The summed E-state index contributed by atoms with van der Waals surface area (Å²) in [6, 6.07) is 2.79. The Morgan fingerprint density at radius 1 is 1.43 bits per heavy atom. The number of halogens is 2. The zero-order valence-corrected chi connectivity index (χ0v) is 8.57. The van der Waals surface area contributed by atoms with Gasteiger partial charge >= 0.3 is 0 Å². The zero-order chi connectivity index (χ0) is 10.1. The van der Waals surface area contributed by atoms with Crippen LogP contribution in [0.4, 0.5) is 10.1 Å². The minimum Gasteiger partial charge on any atom is -0.398 e. The first-order chi connectivity index (χ1) is 6.68. The van der Waals surface area contributed by atoms with Crippen LogP contribution in [0.1, 0.15) is 0 Å². The molecule has 14 heavy (non-hydrogen) atoms. The molecule has 1 aromatic heterocycles. The summed E-state index contributed by atoms with van der Waals surface area (Å²) in [7, 11) is 0. The summed E-state index contributed by atoms with van der Waals surface area (Å²) in [5, 5.41) is 3.82. The number of anilines is 1. The summed E-state index contributed by atoms with van der Waals surface area (Å²) in [6.07, 6.45) is 2.75. The van der Waals surface area contributed by atoms with E-state index >= 15 is 0 Å². The highest BCUT2D eigenvalue weighted by Gasteiger charge is 2.08. The van der Waals surface area contributed by atoms with Crippen LogP contribution in [0.5, 0.6) is 0 Å². The number of nitrogens with zero attached hydrogens (tertiary/aromatic N) is 3. The summed E-state index contributed by atoms with van der Waals surface area (Å²) in [6.45, 7) is 0. The van der Waals surface area contributed by atoms with Crippen molar-refractivity contribution in [3.8, 4) is 5.69 Å². The Labute approximate surface area is 87.7 Å². The molecular weight excluding hydrogens is 251 g/mol. The molecule has 2 aromatic rings. The lowest BCUT2D eigenvalue weighted by Crippen LogP contribution is -2.00. The fraction of sp³-hybridized carbons (Fsp3) is 0. The quantitative estimate of drug-likeness (QED) is 0.792. The predicted molar refractivity (Wildman–Crippen MR) is 53.4 cm³/mol. The van der Waals surface area contributed by atoms with Gasteiger partial charge in [-0.1, -0.05) is 0 Å². The molecule has 0 atom stereocenters. The average Bonchev–Trinajstić information content (AvgIpc) is 2.64. The Hall–Kier alpha value is -1.43. The highest BCUT2D eigenvalue weighted by Crippen LogP contribution is 2.24. The molecular formula is C8H6BrFN4. The van der Waals surface area contributed by atoms with E-state index in [0.717, 1.165) is 0 Å². The van der Waals surface area contributed by atoms with E-state index in [4.69, 9.17) is 5.73 Å². The number of aromatic nitrogens is 3. The Balaban J connectivity index is 2.60. The van der Waals surface area contributed by atoms with Crippen LogP contribution in [0, 0.1) is 5.82 Å². The van der Waals surface area contributed by atoms with E-state index in [-0.39, 0.29) is 0 Å². The van der Waals surface area contributed by atoms with Crippen LogP contribution in [0.2, 0.25) is 0 Å². The van der Waals surface area contributed by atoms with E-state index in [1.165, 1.54) is 23.4 Å². The van der Waals surface area contributed by atoms with Crippen LogP contribution in [0.25, 0.3) is 5.69 Å². The van der Waals surface area contributed by atoms with Gasteiger partial charge in [0.15, 0.2) is 5.82 Å². The number of benzene rings is 1. The van der Waals surface area contributed by atoms with Gasteiger partial charge in [-0.25, -0.2) is 14.1 Å². The van der Waals surface area contributed by atoms with E-state index in [2.05, 4.69) is 26.0 Å². The fourth-order valence-corrected chi connectivity index (χ4v) is 1.39. The Kier molecular flexibility index (Phi) is 2.20. The molecule has 72 valence electrons. The molecule has 1 heterocycles. The van der Waals surface area contributed by atoms with Crippen LogP contribution >= 0.6 is 15.9 Å². The molecule has 0 radical (unpaired) electrons. The van der Waals surface area contributed by atoms with Crippen molar-refractivity contribution >= 4 is 21.6 Å². The van der Waals surface area contributed by atoms with E-state index in [1.807, 2.05) is 0 Å². The van der Waals surface area contributed by atoms with Gasteiger partial charge < -0.3 is 5.73 Å². The van der Waals surface area contributed by atoms with Crippen molar-refractivity contribution in [3.05, 3.63) is 35.1 Å². The molecule has 0 bridgehead atoms. The van der Waals surface area contributed by atoms with Crippen LogP contribution in [0.15, 0.2) is 29.3 Å². The van der Waals surface area contributed by atoms with Gasteiger partial charge in [-0.3, -0.25) is 0 Å². The van der Waals surface area contributed by atoms with Gasteiger partial charge in [0, 0.05) is 16.2 Å². The first kappa shape index (κ1) is 9.14. The molecule has 0 saturated heterocycles. The molecule has 2 rings (SSSR count). The summed E-state index contributed by atoms with van der Waals surface area (Å²) in [5.74, 6) is -0.434. The lowest BCUT2D eigenvalue weighted by atomic mass is 10.3. The molecule has 4 nitrogen and oxygen atoms in total. The highest BCUT2D eigenvalue weighted by molar-refractivity contribution is 9.10. The third-order valence-electron chi connectivity index (χ3n) is 1.73. The van der Waals surface area contributed by atoms with Crippen molar-refractivity contribution in [2.75, 3.05) is 5.73 Å². The van der Waals surface area contributed by atoms with E-state index < -0.39 is 5.82 Å². The molecule has 0 aliphatic rings. The zero-order valence-electron chi connectivity index (χ0n) is 6.98. The molecule has 0 amide bonds. The van der Waals surface area contributed by atoms with Crippen molar-refractivity contribution < 1.29 is 4.39 Å². The lowest BCUT2D eigenvalue weighted by molar-refractivity contribution is 0.611. The third kappa shape index (κ3) is 1.48. The smallest absolute Gasteiger partial charge is 0.151 e. The molecule has 2 N–H and O–H groups in total. The molecule has 0 saturated carbocycles. The van der Waals surface area contributed by atoms with E-state index in [1.54, 1.807) is 6.07 Å². The molecule has 1 aromatic carbocycles. The number of nitrogen functional groups attached to an aromatic ring is 1. The molecule has 0 unspecified atom stereocenters. The second-order valence-corrected chi connectivity index (χ2v) is 3.52. The monoisotopic (exact) mass is 256 g/mol. The minimum absolute atomic E-state index is 0.309. The van der Waals surface area contributed by atoms with Gasteiger partial charge in [0.1, 0.15) is 18.3 Å². The predicted octanol–water partition coefficient (Wildman–Crippen LogP) is 1.75. The largest absolute Gasteiger partial charge is 0.398 e. The maximum Gasteiger partial charge on any atom is 0.151 e. The van der Waals surface area contributed by atoms with Gasteiger partial charge in [0.05, 0.1) is 0 Å². The fourth-order valence-electron chi connectivity index (χ4n) is 1.06. The van der Waals surface area contributed by atoms with Crippen LogP contribution in [0.3, 0.4) is 0 Å². The number of nitrogens with two attached hydrogens (primary N) is 1. The van der Waals surface area contributed by atoms with Crippen molar-refractivity contribution in [3.63, 3.8) is 0 Å². The molecule has 0 aliphatic heterocycles. The standard InChI is InChI=1S/C8H6BrFN4/c9-5-1-8(6(10)2-7(5)11)14-4-12-3-13-14/h1-4H,11H2. The van der Waals surface area contributed by atoms with Crippen LogP contribution in [-0.4, -0.2) is 14.8 Å². The van der Waals surface area contributed by atoms with Gasteiger partial charge in [-0.05, 0) is 22.0 Å². The topological polar surface area (TPSA) is 56.7 Å². The molecule has 0 spiro atoms. The summed E-state index contributed by atoms with van der Waals surface area (Å²) in [5.41, 5.74) is 6.17. The number of hydrogen-bond acceptors (Lipinski definition) is 3. The van der Waals surface area contributed by atoms with E-state index in [0.29, 0.717) is 15.8 Å². The van der Waals surface area contributed by atoms with Gasteiger partial charge in [-0.2, -0.15) is 5.10 Å². The molecule has 0 fully saturated rings. The van der Waals surface area contributed by atoms with Crippen LogP contribution in [-0.2, 0) is 0 Å². The summed E-state index contributed by atoms with van der Waals surface area (Å²) in [4.78, 5) is 3.73. The minimum atomic E-state index is -0.434. The Bertz CT molecular complexity index is 455. The Morgan fingerprint density at radius 3 is 2.86 bits per heavy atom. The SMILES string of the molecule is Nc1cc(F)c(-n2cncn2)cc1Br. The lowest BCUT2D eigenvalue weighted by Gasteiger charge is -2.04. The van der Waals surface area contributed by atoms with E-state index in [9.17, 15) is 4.39 Å². The highest BCUT2D eigenvalue weighted by atomic mass is 79.9. The summed E-state index contributed by atoms with van der Waals surface area (Å²) < 4.78 is 15.4. The van der Waals surface area contributed by atoms with Crippen LogP contribution < -0.4 is 5.73 Å². The van der Waals surface area contributed by atoms with Gasteiger partial charge in [0.25, 0.3) is 0 Å². The number of hydrogen-bond donors (Lipinski definition) is 1. The first-order valence-electron chi connectivity index (χ1n) is 3.78. The van der Waals surface area contributed by atoms with Crippen molar-refractivity contribution in [2.24, 2.45) is 0 Å². The third-order valence-corrected chi connectivity index (χ3v) is 2.42. The second kappa shape index (κ2) is 3.38. The van der Waals surface area contributed by atoms with Gasteiger partial charge in [-0.15, -0.1) is 0 Å². The second-order valence-electron chi connectivity index (χ2n) is 2.67. The number of rotatable bonds is 1. The first-order valence-corrected chi connectivity index (χ1v) is 4.57. The Morgan fingerprint density at radius 2 is 2.21 bits per heavy atom. The van der Waals surface area contributed by atoms with Crippen molar-refractivity contribution in [1.29, 1.82) is 0 Å². The maximum atomic E-state index is 13.4. The van der Waals surface area contributed by atoms with Crippen molar-refractivity contribution in [1.82, 2.24) is 14.8 Å². The summed E-state index contributed by atoms with van der Waals surface area (Å²) >= 11 is 3.21. The van der Waals surface area contributed by atoms with Crippen molar-refractivity contribution in [2.45, 2.75) is 0 Å². The van der Waals surface area contributed by atoms with Gasteiger partial charge in [0.2, 0.25) is 0 Å². The normalized spacial score (nSPS) is 10.4.